The maximum absolute atomic E-state index is 12.1. The number of nitrogens with zero attached hydrogens (tertiary/aromatic N) is 1. The monoisotopic (exact) mass is 274 g/mol. The zero-order valence-corrected chi connectivity index (χ0v) is 12.3. The molecule has 0 atom stereocenters. The maximum atomic E-state index is 12.1. The van der Waals surface area contributed by atoms with Gasteiger partial charge in [0, 0.05) is 13.1 Å². The zero-order chi connectivity index (χ0) is 13.1. The summed E-state index contributed by atoms with van der Waals surface area (Å²) in [7, 11) is -2.97. The third kappa shape index (κ3) is 3.25. The first-order chi connectivity index (χ1) is 8.58. The predicted molar refractivity (Wildman–Crippen MR) is 74.0 cm³/mol. The molecule has 4 nitrogen and oxygen atoms in total. The summed E-state index contributed by atoms with van der Waals surface area (Å²) in [6.45, 7) is 5.77. The van der Waals surface area contributed by atoms with Gasteiger partial charge in [-0.1, -0.05) is 13.3 Å². The minimum absolute atomic E-state index is 0.227. The largest absolute Gasteiger partial charge is 0.317 e. The highest BCUT2D eigenvalue weighted by Crippen LogP contribution is 2.36. The summed E-state index contributed by atoms with van der Waals surface area (Å²) < 4.78 is 26.0. The third-order valence-electron chi connectivity index (χ3n) is 4.41. The Bertz CT molecular complexity index is 356. The van der Waals surface area contributed by atoms with Gasteiger partial charge in [-0.15, -0.1) is 0 Å². The number of hydrogen-bond donors (Lipinski definition) is 1. The Morgan fingerprint density at radius 2 is 1.94 bits per heavy atom. The molecule has 0 aromatic heterocycles. The van der Waals surface area contributed by atoms with Crippen LogP contribution in [0.15, 0.2) is 0 Å². The van der Waals surface area contributed by atoms with Gasteiger partial charge in [0.2, 0.25) is 10.0 Å². The Hall–Kier alpha value is -0.130. The van der Waals surface area contributed by atoms with Crippen molar-refractivity contribution in [3.8, 4) is 0 Å². The molecule has 0 spiro atoms. The fraction of sp³-hybridized carbons (Fsp3) is 1.00. The molecule has 2 fully saturated rings. The molecule has 0 amide bonds. The minimum Gasteiger partial charge on any atom is -0.317 e. The highest BCUT2D eigenvalue weighted by atomic mass is 32.2. The summed E-state index contributed by atoms with van der Waals surface area (Å²) >= 11 is 0. The molecule has 0 saturated carbocycles. The molecule has 0 unspecified atom stereocenters. The molecule has 2 saturated heterocycles. The molecule has 0 radical (unpaired) electrons. The average molecular weight is 274 g/mol. The van der Waals surface area contributed by atoms with E-state index in [2.05, 4.69) is 12.2 Å². The predicted octanol–water partition coefficient (Wildman–Crippen LogP) is 1.58. The van der Waals surface area contributed by atoms with Gasteiger partial charge in [0.25, 0.3) is 0 Å². The first-order valence-corrected chi connectivity index (χ1v) is 8.87. The van der Waals surface area contributed by atoms with E-state index in [9.17, 15) is 8.42 Å². The van der Waals surface area contributed by atoms with Crippen molar-refractivity contribution in [1.29, 1.82) is 0 Å². The topological polar surface area (TPSA) is 49.4 Å². The van der Waals surface area contributed by atoms with E-state index in [4.69, 9.17) is 0 Å². The Balaban J connectivity index is 2.08. The van der Waals surface area contributed by atoms with Crippen molar-refractivity contribution >= 4 is 10.0 Å². The van der Waals surface area contributed by atoms with Crippen LogP contribution in [-0.2, 0) is 10.0 Å². The summed E-state index contributed by atoms with van der Waals surface area (Å²) in [4.78, 5) is 0. The van der Waals surface area contributed by atoms with Gasteiger partial charge in [-0.25, -0.2) is 12.7 Å². The molecular formula is C13H26N2O2S. The van der Waals surface area contributed by atoms with Crippen molar-refractivity contribution in [2.75, 3.05) is 31.9 Å². The quantitative estimate of drug-likeness (QED) is 0.847. The van der Waals surface area contributed by atoms with E-state index in [-0.39, 0.29) is 5.41 Å². The fourth-order valence-electron chi connectivity index (χ4n) is 3.37. The van der Waals surface area contributed by atoms with Crippen LogP contribution in [0.2, 0.25) is 0 Å². The van der Waals surface area contributed by atoms with Crippen LogP contribution in [0.5, 0.6) is 0 Å². The number of piperidine rings is 1. The van der Waals surface area contributed by atoms with Crippen LogP contribution in [0.3, 0.4) is 0 Å². The van der Waals surface area contributed by atoms with Crippen LogP contribution < -0.4 is 5.32 Å². The fourth-order valence-corrected chi connectivity index (χ4v) is 5.07. The number of nitrogens with one attached hydrogen (secondary N) is 1. The van der Waals surface area contributed by atoms with Crippen molar-refractivity contribution < 1.29 is 8.42 Å². The van der Waals surface area contributed by atoms with Crippen molar-refractivity contribution in [1.82, 2.24) is 9.62 Å². The molecule has 0 bridgehead atoms. The summed E-state index contributed by atoms with van der Waals surface area (Å²) in [6.07, 6.45) is 6.40. The van der Waals surface area contributed by atoms with Crippen molar-refractivity contribution in [3.05, 3.63) is 0 Å². The van der Waals surface area contributed by atoms with Crippen molar-refractivity contribution in [3.63, 3.8) is 0 Å². The normalized spacial score (nSPS) is 28.1. The molecule has 2 aliphatic rings. The Morgan fingerprint density at radius 1 is 1.22 bits per heavy atom. The molecule has 2 aliphatic heterocycles. The summed E-state index contributed by atoms with van der Waals surface area (Å²) in [5, 5.41) is 3.39. The lowest BCUT2D eigenvalue weighted by Crippen LogP contribution is -2.48. The van der Waals surface area contributed by atoms with E-state index in [1.54, 1.807) is 4.31 Å². The van der Waals surface area contributed by atoms with Crippen LogP contribution in [0.4, 0.5) is 0 Å². The second kappa shape index (κ2) is 5.88. The van der Waals surface area contributed by atoms with Crippen LogP contribution in [0.1, 0.15) is 45.4 Å². The van der Waals surface area contributed by atoms with Gasteiger partial charge in [-0.3, -0.25) is 0 Å². The van der Waals surface area contributed by atoms with E-state index in [0.717, 1.165) is 64.7 Å². The van der Waals surface area contributed by atoms with Crippen molar-refractivity contribution in [2.45, 2.75) is 45.4 Å². The molecule has 1 N–H and O–H groups in total. The molecule has 0 aromatic carbocycles. The van der Waals surface area contributed by atoms with E-state index in [1.807, 2.05) is 0 Å². The molecule has 0 aromatic rings. The zero-order valence-electron chi connectivity index (χ0n) is 11.5. The Kier molecular flexibility index (Phi) is 4.67. The Morgan fingerprint density at radius 3 is 2.56 bits per heavy atom. The first kappa shape index (κ1) is 14.3. The van der Waals surface area contributed by atoms with Gasteiger partial charge in [0.1, 0.15) is 0 Å². The smallest absolute Gasteiger partial charge is 0.214 e. The molecule has 0 aliphatic carbocycles. The van der Waals surface area contributed by atoms with Crippen LogP contribution in [-0.4, -0.2) is 44.7 Å². The second-order valence-corrected chi connectivity index (χ2v) is 7.95. The summed E-state index contributed by atoms with van der Waals surface area (Å²) in [5.74, 6) is 0.355. The third-order valence-corrected chi connectivity index (χ3v) is 6.31. The molecule has 2 rings (SSSR count). The molecular weight excluding hydrogens is 248 g/mol. The van der Waals surface area contributed by atoms with Gasteiger partial charge < -0.3 is 5.32 Å². The van der Waals surface area contributed by atoms with Gasteiger partial charge in [0.05, 0.1) is 5.75 Å². The Labute approximate surface area is 111 Å². The van der Waals surface area contributed by atoms with Crippen LogP contribution in [0, 0.1) is 5.41 Å². The summed E-state index contributed by atoms with van der Waals surface area (Å²) in [5.41, 5.74) is 0.227. The van der Waals surface area contributed by atoms with E-state index in [0.29, 0.717) is 5.75 Å². The van der Waals surface area contributed by atoms with Crippen molar-refractivity contribution in [2.24, 2.45) is 5.41 Å². The van der Waals surface area contributed by atoms with Crippen LogP contribution in [0.25, 0.3) is 0 Å². The SMILES string of the molecule is CCCC1(CN2CCCCS2(=O)=O)CCNCC1. The number of rotatable bonds is 4. The van der Waals surface area contributed by atoms with E-state index >= 15 is 0 Å². The average Bonchev–Trinajstić information content (AvgIpc) is 2.33. The maximum Gasteiger partial charge on any atom is 0.214 e. The number of hydrogen-bond acceptors (Lipinski definition) is 3. The minimum atomic E-state index is -2.97. The van der Waals surface area contributed by atoms with E-state index in [1.165, 1.54) is 0 Å². The lowest BCUT2D eigenvalue weighted by atomic mass is 9.75. The highest BCUT2D eigenvalue weighted by molar-refractivity contribution is 7.89. The molecule has 2 heterocycles. The lowest BCUT2D eigenvalue weighted by molar-refractivity contribution is 0.138. The highest BCUT2D eigenvalue weighted by Gasteiger charge is 2.37. The van der Waals surface area contributed by atoms with Gasteiger partial charge in [-0.2, -0.15) is 0 Å². The molecule has 106 valence electrons. The first-order valence-electron chi connectivity index (χ1n) is 7.27. The lowest BCUT2D eigenvalue weighted by Gasteiger charge is -2.42. The van der Waals surface area contributed by atoms with Gasteiger partial charge in [0.15, 0.2) is 0 Å². The van der Waals surface area contributed by atoms with Gasteiger partial charge in [-0.05, 0) is 50.6 Å². The standard InChI is InChI=1S/C13H26N2O2S/c1-2-5-13(6-8-14-9-7-13)12-15-10-3-4-11-18(15,16)17/h14H,2-12H2,1H3. The summed E-state index contributed by atoms with van der Waals surface area (Å²) in [6, 6.07) is 0. The molecule has 18 heavy (non-hydrogen) atoms. The number of sulfonamides is 1. The second-order valence-electron chi connectivity index (χ2n) is 5.86. The van der Waals surface area contributed by atoms with E-state index < -0.39 is 10.0 Å². The van der Waals surface area contributed by atoms with Crippen LogP contribution >= 0.6 is 0 Å². The van der Waals surface area contributed by atoms with Gasteiger partial charge >= 0.3 is 0 Å². The molecule has 5 heteroatoms.